The number of aromatic nitrogens is 2. The van der Waals surface area contributed by atoms with Gasteiger partial charge in [-0.2, -0.15) is 4.72 Å². The third-order valence-electron chi connectivity index (χ3n) is 3.01. The van der Waals surface area contributed by atoms with Crippen LogP contribution in [0.3, 0.4) is 0 Å². The van der Waals surface area contributed by atoms with Gasteiger partial charge < -0.3 is 15.3 Å². The van der Waals surface area contributed by atoms with Crippen molar-refractivity contribution in [3.63, 3.8) is 0 Å². The molecule has 2 aromatic heterocycles. The second-order valence-electron chi connectivity index (χ2n) is 4.47. The lowest BCUT2D eigenvalue weighted by Gasteiger charge is -2.11. The number of nitrogens with zero attached hydrogens (tertiary/aromatic N) is 1. The number of anilines is 1. The molecule has 4 N–H and O–H groups in total. The predicted octanol–water partition coefficient (Wildman–Crippen LogP) is 2.45. The number of primary amides is 1. The van der Waals surface area contributed by atoms with E-state index in [2.05, 4.69) is 14.7 Å². The summed E-state index contributed by atoms with van der Waals surface area (Å²) in [4.78, 5) is 18.8. The van der Waals surface area contributed by atoms with Gasteiger partial charge in [0.05, 0.1) is 10.9 Å². The highest BCUT2D eigenvalue weighted by molar-refractivity contribution is 7.93. The summed E-state index contributed by atoms with van der Waals surface area (Å²) < 4.78 is 15.4. The van der Waals surface area contributed by atoms with E-state index in [1.165, 1.54) is 0 Å². The van der Waals surface area contributed by atoms with Gasteiger partial charge in [0.1, 0.15) is 11.4 Å². The van der Waals surface area contributed by atoms with Crippen molar-refractivity contribution in [3.05, 3.63) is 53.3 Å². The summed E-state index contributed by atoms with van der Waals surface area (Å²) in [5.74, 6) is -0.272. The summed E-state index contributed by atoms with van der Waals surface area (Å²) in [6.45, 7) is 0. The van der Waals surface area contributed by atoms with E-state index in [0.29, 0.717) is 21.7 Å². The molecule has 0 fully saturated rings. The van der Waals surface area contributed by atoms with Crippen molar-refractivity contribution < 1.29 is 9.35 Å². The van der Waals surface area contributed by atoms with Crippen molar-refractivity contribution in [1.29, 1.82) is 0 Å². The minimum Gasteiger partial charge on any atom is -0.588 e. The van der Waals surface area contributed by atoms with Crippen molar-refractivity contribution in [2.75, 3.05) is 4.72 Å². The van der Waals surface area contributed by atoms with Crippen LogP contribution in [-0.2, 0) is 11.4 Å². The average Bonchev–Trinajstić information content (AvgIpc) is 2.87. The van der Waals surface area contributed by atoms with Crippen LogP contribution in [0, 0.1) is 0 Å². The Kier molecular flexibility index (Phi) is 3.93. The summed E-state index contributed by atoms with van der Waals surface area (Å²) in [7, 11) is 0. The van der Waals surface area contributed by atoms with Gasteiger partial charge in [-0.25, -0.2) is 4.98 Å². The molecule has 3 rings (SSSR count). The van der Waals surface area contributed by atoms with Gasteiger partial charge in [0.25, 0.3) is 5.91 Å². The Labute approximate surface area is 134 Å². The molecule has 0 aliphatic rings. The minimum atomic E-state index is -1.72. The van der Waals surface area contributed by atoms with Crippen LogP contribution >= 0.6 is 11.6 Å². The standard InChI is InChI=1S/C14H11ClN4O2S/c15-8-4-5-10-9(7-8)13(12(18-10)14(16)20)22(21)19-11-3-1-2-6-17-11/h1-7,18H,(H2,16,20)(H,17,19). The Balaban J connectivity index is 2.09. The Morgan fingerprint density at radius 2 is 2.18 bits per heavy atom. The summed E-state index contributed by atoms with van der Waals surface area (Å²) in [6, 6.07) is 10.2. The zero-order chi connectivity index (χ0) is 15.7. The zero-order valence-electron chi connectivity index (χ0n) is 11.2. The van der Waals surface area contributed by atoms with E-state index >= 15 is 0 Å². The molecule has 0 aliphatic heterocycles. The second-order valence-corrected chi connectivity index (χ2v) is 6.06. The number of pyridine rings is 1. The lowest BCUT2D eigenvalue weighted by molar-refractivity contribution is 0.0993. The number of carbonyl (C=O) groups excluding carboxylic acids is 1. The Morgan fingerprint density at radius 3 is 2.86 bits per heavy atom. The number of H-pyrrole nitrogens is 1. The molecule has 2 heterocycles. The number of rotatable bonds is 4. The highest BCUT2D eigenvalue weighted by atomic mass is 35.5. The van der Waals surface area contributed by atoms with Crippen LogP contribution in [0.2, 0.25) is 5.02 Å². The molecule has 6 nitrogen and oxygen atoms in total. The van der Waals surface area contributed by atoms with Crippen molar-refractivity contribution in [2.45, 2.75) is 4.90 Å². The minimum absolute atomic E-state index is 0.0824. The molecule has 0 spiro atoms. The maximum absolute atomic E-state index is 12.6. The Hall–Kier alpha value is -2.22. The molecule has 1 amide bonds. The van der Waals surface area contributed by atoms with E-state index in [-0.39, 0.29) is 10.6 Å². The van der Waals surface area contributed by atoms with E-state index in [0.717, 1.165) is 0 Å². The topological polar surface area (TPSA) is 107 Å². The number of fused-ring (bicyclic) bond motifs is 1. The van der Waals surface area contributed by atoms with Crippen LogP contribution < -0.4 is 10.5 Å². The molecule has 1 atom stereocenters. The lowest BCUT2D eigenvalue weighted by atomic mass is 10.2. The number of hydrogen-bond acceptors (Lipinski definition) is 4. The molecule has 0 bridgehead atoms. The zero-order valence-corrected chi connectivity index (χ0v) is 12.7. The van der Waals surface area contributed by atoms with Crippen molar-refractivity contribution in [2.24, 2.45) is 5.73 Å². The number of halogens is 1. The fourth-order valence-corrected chi connectivity index (χ4v) is 3.37. The first-order chi connectivity index (χ1) is 10.6. The highest BCUT2D eigenvalue weighted by Crippen LogP contribution is 2.30. The van der Waals surface area contributed by atoms with Gasteiger partial charge >= 0.3 is 0 Å². The molecule has 22 heavy (non-hydrogen) atoms. The first-order valence-corrected chi connectivity index (χ1v) is 7.79. The van der Waals surface area contributed by atoms with Gasteiger partial charge in [0, 0.05) is 11.2 Å². The fraction of sp³-hybridized carbons (Fsp3) is 0. The van der Waals surface area contributed by atoms with E-state index in [4.69, 9.17) is 17.3 Å². The monoisotopic (exact) mass is 334 g/mol. The van der Waals surface area contributed by atoms with Crippen molar-refractivity contribution in [1.82, 2.24) is 9.97 Å². The van der Waals surface area contributed by atoms with Crippen molar-refractivity contribution in [3.8, 4) is 0 Å². The molecule has 8 heteroatoms. The Morgan fingerprint density at radius 1 is 1.36 bits per heavy atom. The SMILES string of the molecule is NC(=O)c1[nH]c2ccc(Cl)cc2c1[S+]([O-])Nc1ccccn1. The molecule has 1 unspecified atom stereocenters. The molecule has 3 aromatic rings. The van der Waals surface area contributed by atoms with Gasteiger partial charge in [-0.05, 0) is 30.3 Å². The third-order valence-corrected chi connectivity index (χ3v) is 4.43. The maximum Gasteiger partial charge on any atom is 0.270 e. The van der Waals surface area contributed by atoms with Crippen LogP contribution in [0.5, 0.6) is 0 Å². The van der Waals surface area contributed by atoms with E-state index in [9.17, 15) is 9.35 Å². The summed E-state index contributed by atoms with van der Waals surface area (Å²) >= 11 is 4.26. The molecular formula is C14H11ClN4O2S. The molecule has 0 saturated heterocycles. The molecule has 0 aliphatic carbocycles. The van der Waals surface area contributed by atoms with Gasteiger partial charge in [-0.3, -0.25) is 4.79 Å². The molecule has 0 saturated carbocycles. The van der Waals surface area contributed by atoms with Gasteiger partial charge in [0.15, 0.2) is 11.5 Å². The summed E-state index contributed by atoms with van der Waals surface area (Å²) in [5.41, 5.74) is 6.08. The van der Waals surface area contributed by atoms with Crippen LogP contribution in [0.25, 0.3) is 10.9 Å². The van der Waals surface area contributed by atoms with E-state index in [1.807, 2.05) is 0 Å². The molecular weight excluding hydrogens is 324 g/mol. The number of nitrogens with one attached hydrogen (secondary N) is 2. The second kappa shape index (κ2) is 5.88. The van der Waals surface area contributed by atoms with E-state index < -0.39 is 17.3 Å². The molecule has 112 valence electrons. The summed E-state index contributed by atoms with van der Waals surface area (Å²) in [5, 5.41) is 1.04. The smallest absolute Gasteiger partial charge is 0.270 e. The highest BCUT2D eigenvalue weighted by Gasteiger charge is 2.27. The summed E-state index contributed by atoms with van der Waals surface area (Å²) in [6.07, 6.45) is 1.57. The number of hydrogen-bond donors (Lipinski definition) is 3. The average molecular weight is 335 g/mol. The number of benzene rings is 1. The largest absolute Gasteiger partial charge is 0.588 e. The lowest BCUT2D eigenvalue weighted by Crippen LogP contribution is -2.20. The van der Waals surface area contributed by atoms with Gasteiger partial charge in [-0.1, -0.05) is 17.7 Å². The van der Waals surface area contributed by atoms with Gasteiger partial charge in [0.2, 0.25) is 4.90 Å². The predicted molar refractivity (Wildman–Crippen MR) is 86.1 cm³/mol. The van der Waals surface area contributed by atoms with Crippen molar-refractivity contribution >= 4 is 45.6 Å². The van der Waals surface area contributed by atoms with Crippen LogP contribution in [0.1, 0.15) is 10.5 Å². The molecule has 0 radical (unpaired) electrons. The third kappa shape index (κ3) is 2.74. The fourth-order valence-electron chi connectivity index (χ4n) is 2.07. The van der Waals surface area contributed by atoms with E-state index in [1.54, 1.807) is 42.6 Å². The quantitative estimate of drug-likeness (QED) is 0.637. The number of aromatic amines is 1. The Bertz CT molecular complexity index is 837. The number of amides is 1. The first-order valence-electron chi connectivity index (χ1n) is 6.27. The van der Waals surface area contributed by atoms with Crippen LogP contribution in [-0.4, -0.2) is 20.4 Å². The molecule has 1 aromatic carbocycles. The normalized spacial score (nSPS) is 12.3. The number of carbonyl (C=O) groups is 1. The maximum atomic E-state index is 12.6. The number of nitrogens with two attached hydrogens (primary N) is 1. The van der Waals surface area contributed by atoms with Gasteiger partial charge in [-0.15, -0.1) is 0 Å². The van der Waals surface area contributed by atoms with Crippen LogP contribution in [0.15, 0.2) is 47.5 Å². The first kappa shape index (κ1) is 14.7. The van der Waals surface area contributed by atoms with Crippen LogP contribution in [0.4, 0.5) is 5.82 Å².